The maximum atomic E-state index is 13.8. The maximum absolute atomic E-state index is 13.8. The zero-order valence-electron chi connectivity index (χ0n) is 17.1. The number of benzene rings is 2. The Morgan fingerprint density at radius 3 is 2.37 bits per heavy atom. The molecular formula is C25H25NO3S. The van der Waals surface area contributed by atoms with Gasteiger partial charge in [-0.2, -0.15) is 0 Å². The summed E-state index contributed by atoms with van der Waals surface area (Å²) >= 11 is 0. The number of pyridine rings is 1. The average Bonchev–Trinajstić information content (AvgIpc) is 3.14. The Morgan fingerprint density at radius 2 is 1.67 bits per heavy atom. The standard InChI is InChI=1S/C25H25NO3S/c1-18-10-12-20(13-11-18)30(28)24-21(19-8-4-2-5-9-19)16-23(27)26-22(24)17-29-25(26)14-6-3-7-15-25/h2,4-5,8-13,16H,3,6-7,14-15,17H2,1H3. The molecule has 4 nitrogen and oxygen atoms in total. The van der Waals surface area contributed by atoms with E-state index in [1.165, 1.54) is 6.42 Å². The number of hydrogen-bond donors (Lipinski definition) is 0. The highest BCUT2D eigenvalue weighted by Gasteiger charge is 2.43. The van der Waals surface area contributed by atoms with Gasteiger partial charge in [0, 0.05) is 16.5 Å². The van der Waals surface area contributed by atoms with Gasteiger partial charge in [-0.25, -0.2) is 4.21 Å². The molecule has 2 heterocycles. The van der Waals surface area contributed by atoms with Gasteiger partial charge in [0.2, 0.25) is 0 Å². The molecule has 1 fully saturated rings. The first-order valence-electron chi connectivity index (χ1n) is 10.6. The first-order chi connectivity index (χ1) is 14.6. The monoisotopic (exact) mass is 419 g/mol. The molecule has 1 spiro atoms. The molecule has 0 bridgehead atoms. The lowest BCUT2D eigenvalue weighted by molar-refractivity contribution is -0.108. The molecule has 3 aromatic rings. The molecule has 0 radical (unpaired) electrons. The third-order valence-corrected chi connectivity index (χ3v) is 7.82. The summed E-state index contributed by atoms with van der Waals surface area (Å²) in [6.07, 6.45) is 4.92. The van der Waals surface area contributed by atoms with Crippen LogP contribution < -0.4 is 5.56 Å². The Morgan fingerprint density at radius 1 is 0.967 bits per heavy atom. The number of ether oxygens (including phenoxy) is 1. The van der Waals surface area contributed by atoms with E-state index in [1.54, 1.807) is 6.07 Å². The van der Waals surface area contributed by atoms with Crippen LogP contribution in [0.3, 0.4) is 0 Å². The van der Waals surface area contributed by atoms with Gasteiger partial charge in [0.05, 0.1) is 28.0 Å². The van der Waals surface area contributed by atoms with Crippen LogP contribution in [0.4, 0.5) is 0 Å². The summed E-state index contributed by atoms with van der Waals surface area (Å²) < 4.78 is 22.0. The summed E-state index contributed by atoms with van der Waals surface area (Å²) in [6, 6.07) is 19.2. The van der Waals surface area contributed by atoms with Gasteiger partial charge in [-0.15, -0.1) is 0 Å². The normalized spacial score (nSPS) is 18.3. The lowest BCUT2D eigenvalue weighted by atomic mass is 9.91. The van der Waals surface area contributed by atoms with Gasteiger partial charge >= 0.3 is 0 Å². The van der Waals surface area contributed by atoms with Crippen molar-refractivity contribution in [2.45, 2.75) is 61.2 Å². The smallest absolute Gasteiger partial charge is 0.253 e. The molecule has 5 heteroatoms. The number of aromatic nitrogens is 1. The van der Waals surface area contributed by atoms with Crippen LogP contribution >= 0.6 is 0 Å². The molecule has 30 heavy (non-hydrogen) atoms. The number of rotatable bonds is 3. The minimum atomic E-state index is -1.42. The first kappa shape index (κ1) is 19.5. The highest BCUT2D eigenvalue weighted by Crippen LogP contribution is 2.44. The molecule has 1 aliphatic carbocycles. The van der Waals surface area contributed by atoms with Crippen LogP contribution in [-0.2, 0) is 27.9 Å². The molecule has 0 saturated heterocycles. The Labute approximate surface area is 179 Å². The molecule has 0 N–H and O–H groups in total. The predicted molar refractivity (Wildman–Crippen MR) is 118 cm³/mol. The number of fused-ring (bicyclic) bond motifs is 2. The Hall–Kier alpha value is -2.50. The highest BCUT2D eigenvalue weighted by molar-refractivity contribution is 7.85. The Kier molecular flexibility index (Phi) is 4.95. The summed E-state index contributed by atoms with van der Waals surface area (Å²) in [5.41, 5.74) is 2.89. The topological polar surface area (TPSA) is 48.3 Å². The van der Waals surface area contributed by atoms with Gasteiger partial charge in [-0.3, -0.25) is 9.36 Å². The van der Waals surface area contributed by atoms with E-state index < -0.39 is 16.5 Å². The second-order valence-electron chi connectivity index (χ2n) is 8.25. The van der Waals surface area contributed by atoms with E-state index in [9.17, 15) is 9.00 Å². The van der Waals surface area contributed by atoms with Crippen molar-refractivity contribution in [3.8, 4) is 11.1 Å². The van der Waals surface area contributed by atoms with Crippen LogP contribution in [0.25, 0.3) is 11.1 Å². The second kappa shape index (κ2) is 7.64. The van der Waals surface area contributed by atoms with Crippen LogP contribution in [0.5, 0.6) is 0 Å². The quantitative estimate of drug-likeness (QED) is 0.591. The molecule has 154 valence electrons. The third kappa shape index (κ3) is 3.17. The van der Waals surface area contributed by atoms with E-state index >= 15 is 0 Å². The van der Waals surface area contributed by atoms with Crippen molar-refractivity contribution in [3.63, 3.8) is 0 Å². The molecule has 1 aromatic heterocycles. The van der Waals surface area contributed by atoms with Gasteiger partial charge in [-0.1, -0.05) is 54.4 Å². The first-order valence-corrected chi connectivity index (χ1v) is 11.7. The van der Waals surface area contributed by atoms with Crippen LogP contribution in [0.1, 0.15) is 43.4 Å². The number of nitrogens with zero attached hydrogens (tertiary/aromatic N) is 1. The van der Waals surface area contributed by atoms with Gasteiger partial charge < -0.3 is 4.74 Å². The molecule has 5 rings (SSSR count). The molecule has 1 unspecified atom stereocenters. The Bertz CT molecular complexity index is 1160. The minimum absolute atomic E-state index is 0.0621. The van der Waals surface area contributed by atoms with Crippen LogP contribution in [0.2, 0.25) is 0 Å². The largest absolute Gasteiger partial charge is 0.349 e. The van der Waals surface area contributed by atoms with Crippen molar-refractivity contribution in [2.24, 2.45) is 0 Å². The van der Waals surface area contributed by atoms with E-state index in [0.717, 1.165) is 53.0 Å². The Balaban J connectivity index is 1.76. The second-order valence-corrected chi connectivity index (χ2v) is 9.67. The molecule has 1 saturated carbocycles. The molecule has 0 amide bonds. The maximum Gasteiger partial charge on any atom is 0.253 e. The van der Waals surface area contributed by atoms with Crippen molar-refractivity contribution in [3.05, 3.63) is 82.3 Å². The fourth-order valence-corrected chi connectivity index (χ4v) is 6.14. The fourth-order valence-electron chi connectivity index (χ4n) is 4.78. The SMILES string of the molecule is Cc1ccc(S(=O)c2c(-c3ccccc3)cc(=O)n3c2COC32CCCCC2)cc1. The molecule has 2 aliphatic rings. The van der Waals surface area contributed by atoms with E-state index in [1.807, 2.05) is 66.1 Å². The van der Waals surface area contributed by atoms with Crippen molar-refractivity contribution >= 4 is 10.8 Å². The van der Waals surface area contributed by atoms with Gasteiger partial charge in [-0.05, 0) is 50.3 Å². The summed E-state index contributed by atoms with van der Waals surface area (Å²) in [4.78, 5) is 14.8. The average molecular weight is 420 g/mol. The third-order valence-electron chi connectivity index (χ3n) is 6.29. The van der Waals surface area contributed by atoms with E-state index in [2.05, 4.69) is 0 Å². The molecular weight excluding hydrogens is 394 g/mol. The minimum Gasteiger partial charge on any atom is -0.349 e. The number of aryl methyl sites for hydroxylation is 1. The number of hydrogen-bond acceptors (Lipinski definition) is 3. The summed E-state index contributed by atoms with van der Waals surface area (Å²) in [5.74, 6) is 0. The summed E-state index contributed by atoms with van der Waals surface area (Å²) in [5, 5.41) is 0. The zero-order chi connectivity index (χ0) is 20.7. The molecule has 2 aromatic carbocycles. The summed E-state index contributed by atoms with van der Waals surface area (Å²) in [6.45, 7) is 2.34. The van der Waals surface area contributed by atoms with E-state index in [4.69, 9.17) is 4.74 Å². The zero-order valence-corrected chi connectivity index (χ0v) is 17.9. The van der Waals surface area contributed by atoms with Gasteiger partial charge in [0.15, 0.2) is 0 Å². The van der Waals surface area contributed by atoms with Gasteiger partial charge in [0.1, 0.15) is 5.72 Å². The fraction of sp³-hybridized carbons (Fsp3) is 0.320. The van der Waals surface area contributed by atoms with Crippen molar-refractivity contribution in [1.82, 2.24) is 4.57 Å². The molecule has 1 aliphatic heterocycles. The van der Waals surface area contributed by atoms with E-state index in [0.29, 0.717) is 11.5 Å². The molecule has 1 atom stereocenters. The van der Waals surface area contributed by atoms with Crippen LogP contribution in [0, 0.1) is 6.92 Å². The van der Waals surface area contributed by atoms with E-state index in [-0.39, 0.29) is 5.56 Å². The summed E-state index contributed by atoms with van der Waals surface area (Å²) in [7, 11) is -1.42. The van der Waals surface area contributed by atoms with Crippen molar-refractivity contribution in [2.75, 3.05) is 0 Å². The van der Waals surface area contributed by atoms with Crippen molar-refractivity contribution < 1.29 is 8.95 Å². The lowest BCUT2D eigenvalue weighted by Crippen LogP contribution is -2.41. The van der Waals surface area contributed by atoms with Crippen LogP contribution in [0.15, 0.2) is 75.2 Å². The van der Waals surface area contributed by atoms with Crippen molar-refractivity contribution in [1.29, 1.82) is 0 Å². The highest BCUT2D eigenvalue weighted by atomic mass is 32.2. The lowest BCUT2D eigenvalue weighted by Gasteiger charge is -2.34. The predicted octanol–water partition coefficient (Wildman–Crippen LogP) is 5.14. The van der Waals surface area contributed by atoms with Gasteiger partial charge in [0.25, 0.3) is 5.56 Å². The van der Waals surface area contributed by atoms with Crippen LogP contribution in [-0.4, -0.2) is 8.78 Å².